The van der Waals surface area contributed by atoms with Crippen molar-refractivity contribution in [3.63, 3.8) is 0 Å². The summed E-state index contributed by atoms with van der Waals surface area (Å²) in [7, 11) is 0. The molecule has 28 heavy (non-hydrogen) atoms. The van der Waals surface area contributed by atoms with Crippen LogP contribution in [-0.2, 0) is 11.2 Å². The lowest BCUT2D eigenvalue weighted by Gasteiger charge is -2.37. The molecule has 1 aromatic carbocycles. The van der Waals surface area contributed by atoms with Crippen LogP contribution in [-0.4, -0.2) is 11.1 Å². The molecule has 2 heteroatoms. The highest BCUT2D eigenvalue weighted by molar-refractivity contribution is 5.66. The van der Waals surface area contributed by atoms with Gasteiger partial charge in [-0.2, -0.15) is 0 Å². The Balaban J connectivity index is 1.39. The average Bonchev–Trinajstić information content (AvgIpc) is 2.73. The van der Waals surface area contributed by atoms with Gasteiger partial charge in [-0.25, -0.2) is 0 Å². The van der Waals surface area contributed by atoms with E-state index in [4.69, 9.17) is 5.11 Å². The zero-order valence-electron chi connectivity index (χ0n) is 17.6. The molecular formula is C26H38O2. The van der Waals surface area contributed by atoms with E-state index < -0.39 is 5.97 Å². The number of hydrogen-bond donors (Lipinski definition) is 1. The van der Waals surface area contributed by atoms with Gasteiger partial charge in [0.05, 0.1) is 0 Å². The Morgan fingerprint density at radius 1 is 0.964 bits per heavy atom. The van der Waals surface area contributed by atoms with Crippen LogP contribution < -0.4 is 0 Å². The highest BCUT2D eigenvalue weighted by Gasteiger charge is 2.30. The third-order valence-corrected chi connectivity index (χ3v) is 7.18. The maximum Gasteiger partial charge on any atom is 0.303 e. The van der Waals surface area contributed by atoms with Gasteiger partial charge in [0.25, 0.3) is 0 Å². The van der Waals surface area contributed by atoms with Crippen LogP contribution >= 0.6 is 0 Å². The minimum atomic E-state index is -0.694. The zero-order valence-corrected chi connectivity index (χ0v) is 17.6. The van der Waals surface area contributed by atoms with Crippen LogP contribution in [0.4, 0.5) is 0 Å². The van der Waals surface area contributed by atoms with Crippen molar-refractivity contribution < 1.29 is 9.90 Å². The molecule has 0 saturated heterocycles. The third-order valence-electron chi connectivity index (χ3n) is 7.18. The molecule has 154 valence electrons. The Bertz CT molecular complexity index is 614. The summed E-state index contributed by atoms with van der Waals surface area (Å²) in [6.07, 6.45) is 18.6. The van der Waals surface area contributed by atoms with Crippen LogP contribution in [0, 0.1) is 17.8 Å². The van der Waals surface area contributed by atoms with Gasteiger partial charge in [-0.15, -0.1) is 0 Å². The fourth-order valence-electron chi connectivity index (χ4n) is 5.47. The van der Waals surface area contributed by atoms with Gasteiger partial charge in [-0.3, -0.25) is 4.79 Å². The first kappa shape index (κ1) is 21.1. The lowest BCUT2D eigenvalue weighted by atomic mass is 9.68. The molecular weight excluding hydrogens is 344 g/mol. The van der Waals surface area contributed by atoms with E-state index >= 15 is 0 Å². The number of hydrogen-bond acceptors (Lipinski definition) is 1. The number of carbonyl (C=O) groups is 1. The van der Waals surface area contributed by atoms with Gasteiger partial charge < -0.3 is 5.11 Å². The van der Waals surface area contributed by atoms with Crippen molar-refractivity contribution in [2.75, 3.05) is 0 Å². The molecule has 0 aliphatic heterocycles. The Labute approximate surface area is 171 Å². The van der Waals surface area contributed by atoms with Gasteiger partial charge in [0.2, 0.25) is 0 Å². The maximum absolute atomic E-state index is 10.6. The lowest BCUT2D eigenvalue weighted by molar-refractivity contribution is -0.136. The molecule has 0 amide bonds. The van der Waals surface area contributed by atoms with Crippen molar-refractivity contribution >= 4 is 5.97 Å². The minimum Gasteiger partial charge on any atom is -0.481 e. The molecule has 0 unspecified atom stereocenters. The molecule has 0 heterocycles. The van der Waals surface area contributed by atoms with E-state index in [9.17, 15) is 4.79 Å². The molecule has 2 nitrogen and oxygen atoms in total. The largest absolute Gasteiger partial charge is 0.481 e. The first-order chi connectivity index (χ1) is 13.7. The molecule has 2 saturated carbocycles. The molecule has 2 aliphatic carbocycles. The van der Waals surface area contributed by atoms with Crippen LogP contribution in [0.3, 0.4) is 0 Å². The summed E-state index contributed by atoms with van der Waals surface area (Å²) < 4.78 is 0. The zero-order chi connectivity index (χ0) is 19.8. The number of carboxylic acids is 1. The second-order valence-corrected chi connectivity index (χ2v) is 9.14. The summed E-state index contributed by atoms with van der Waals surface area (Å²) in [6, 6.07) is 9.46. The number of benzene rings is 1. The highest BCUT2D eigenvalue weighted by Crippen LogP contribution is 2.44. The summed E-state index contributed by atoms with van der Waals surface area (Å²) in [5.74, 6) is 2.63. The summed E-state index contributed by atoms with van der Waals surface area (Å²) in [6.45, 7) is 2.25. The summed E-state index contributed by atoms with van der Waals surface area (Å²) in [5, 5.41) is 8.72. The van der Waals surface area contributed by atoms with E-state index in [1.165, 1.54) is 69.8 Å². The number of aryl methyl sites for hydroxylation is 1. The van der Waals surface area contributed by atoms with E-state index in [1.54, 1.807) is 5.56 Å². The number of carboxylic acid groups (broad SMARTS) is 1. The monoisotopic (exact) mass is 382 g/mol. The van der Waals surface area contributed by atoms with E-state index in [1.807, 2.05) is 0 Å². The Morgan fingerprint density at radius 2 is 1.57 bits per heavy atom. The third kappa shape index (κ3) is 6.22. The molecule has 3 rings (SSSR count). The number of allylic oxidation sites excluding steroid dienone is 2. The van der Waals surface area contributed by atoms with E-state index in [2.05, 4.69) is 43.3 Å². The first-order valence-electron chi connectivity index (χ1n) is 11.6. The van der Waals surface area contributed by atoms with Gasteiger partial charge in [-0.1, -0.05) is 49.8 Å². The molecule has 1 aromatic rings. The van der Waals surface area contributed by atoms with Crippen molar-refractivity contribution in [1.29, 1.82) is 0 Å². The summed E-state index contributed by atoms with van der Waals surface area (Å²) in [5.41, 5.74) is 3.04. The van der Waals surface area contributed by atoms with Crippen LogP contribution in [0.2, 0.25) is 0 Å². The molecule has 0 aromatic heterocycles. The molecule has 0 spiro atoms. The van der Waals surface area contributed by atoms with Crippen LogP contribution in [0.1, 0.15) is 94.6 Å². The molecule has 0 bridgehead atoms. The topological polar surface area (TPSA) is 37.3 Å². The second kappa shape index (κ2) is 10.8. The Hall–Kier alpha value is -1.57. The van der Waals surface area contributed by atoms with Crippen LogP contribution in [0.25, 0.3) is 0 Å². The Morgan fingerprint density at radius 3 is 2.14 bits per heavy atom. The summed E-state index contributed by atoms with van der Waals surface area (Å²) >= 11 is 0. The quantitative estimate of drug-likeness (QED) is 0.485. The van der Waals surface area contributed by atoms with Gasteiger partial charge in [-0.05, 0) is 99.0 Å². The molecule has 0 radical (unpaired) electrons. The summed E-state index contributed by atoms with van der Waals surface area (Å²) in [4.78, 5) is 10.6. The van der Waals surface area contributed by atoms with Gasteiger partial charge in [0, 0.05) is 6.42 Å². The van der Waals surface area contributed by atoms with E-state index in [-0.39, 0.29) is 6.42 Å². The number of aliphatic carboxylic acids is 1. The predicted molar refractivity (Wildman–Crippen MR) is 117 cm³/mol. The van der Waals surface area contributed by atoms with Gasteiger partial charge in [0.1, 0.15) is 0 Å². The standard InChI is InChI=1S/C26H38O2/c1-2-5-20-8-12-22(13-9-20)24-16-18-25(19-17-24)23-14-10-21(11-15-23)6-3-4-7-26(27)28/h3,6,8-9,12-13,21,23-25H,2,4-5,7,10-11,14-19H2,1H3,(H,27,28)/t21-,23-,24-,25-. The smallest absolute Gasteiger partial charge is 0.303 e. The Kier molecular flexibility index (Phi) is 8.18. The van der Waals surface area contributed by atoms with Crippen molar-refractivity contribution in [3.8, 4) is 0 Å². The normalized spacial score (nSPS) is 28.5. The molecule has 2 fully saturated rings. The van der Waals surface area contributed by atoms with Crippen molar-refractivity contribution in [2.24, 2.45) is 17.8 Å². The fraction of sp³-hybridized carbons (Fsp3) is 0.654. The average molecular weight is 383 g/mol. The van der Waals surface area contributed by atoms with Gasteiger partial charge >= 0.3 is 5.97 Å². The van der Waals surface area contributed by atoms with Crippen molar-refractivity contribution in [1.82, 2.24) is 0 Å². The highest BCUT2D eigenvalue weighted by atomic mass is 16.4. The molecule has 2 aliphatic rings. The number of rotatable bonds is 8. The van der Waals surface area contributed by atoms with Crippen molar-refractivity contribution in [2.45, 2.75) is 89.9 Å². The van der Waals surface area contributed by atoms with Crippen LogP contribution in [0.15, 0.2) is 36.4 Å². The lowest BCUT2D eigenvalue weighted by Crippen LogP contribution is -2.25. The molecule has 1 N–H and O–H groups in total. The minimum absolute atomic E-state index is 0.260. The SMILES string of the molecule is CCCc1ccc([C@H]2CC[C@H]([C@H]3CC[C@H](C=CCCC(=O)O)CC3)CC2)cc1. The van der Waals surface area contributed by atoms with Crippen molar-refractivity contribution in [3.05, 3.63) is 47.5 Å². The second-order valence-electron chi connectivity index (χ2n) is 9.14. The van der Waals surface area contributed by atoms with E-state index in [0.717, 1.165) is 17.8 Å². The molecule has 0 atom stereocenters. The van der Waals surface area contributed by atoms with E-state index in [0.29, 0.717) is 12.3 Å². The first-order valence-corrected chi connectivity index (χ1v) is 11.6. The fourth-order valence-corrected chi connectivity index (χ4v) is 5.47. The van der Waals surface area contributed by atoms with Gasteiger partial charge in [0.15, 0.2) is 0 Å². The predicted octanol–water partition coefficient (Wildman–Crippen LogP) is 7.14. The van der Waals surface area contributed by atoms with Crippen LogP contribution in [0.5, 0.6) is 0 Å². The maximum atomic E-state index is 10.6.